The Kier molecular flexibility index (Phi) is 5.23. The summed E-state index contributed by atoms with van der Waals surface area (Å²) < 4.78 is 5.19. The van der Waals surface area contributed by atoms with Crippen molar-refractivity contribution < 1.29 is 19.4 Å². The van der Waals surface area contributed by atoms with Crippen LogP contribution in [0, 0.1) is 5.41 Å². The van der Waals surface area contributed by atoms with Gasteiger partial charge in [0.1, 0.15) is 0 Å². The van der Waals surface area contributed by atoms with Crippen LogP contribution in [0.5, 0.6) is 0 Å². The molecule has 0 radical (unpaired) electrons. The Hall–Kier alpha value is -1.30. The molecule has 114 valence electrons. The van der Waals surface area contributed by atoms with E-state index in [1.807, 2.05) is 0 Å². The maximum absolute atomic E-state index is 11.8. The number of ether oxygens (including phenoxy) is 1. The Labute approximate surface area is 119 Å². The van der Waals surface area contributed by atoms with Crippen molar-refractivity contribution in [1.29, 1.82) is 0 Å². The van der Waals surface area contributed by atoms with Crippen LogP contribution < -0.4 is 10.6 Å². The standard InChI is InChI=1S/C14H24N2O4/c17-12(18)14(6-3-1-2-4-7-14)10-15-13(19)16-11-5-8-20-9-11/h11H,1-10H2,(H,17,18)(H2,15,16,19). The Morgan fingerprint density at radius 1 is 1.20 bits per heavy atom. The molecule has 0 aromatic rings. The third kappa shape index (κ3) is 3.85. The number of amides is 2. The Bertz CT molecular complexity index is 345. The zero-order valence-electron chi connectivity index (χ0n) is 11.8. The molecule has 0 aromatic heterocycles. The topological polar surface area (TPSA) is 87.7 Å². The van der Waals surface area contributed by atoms with Crippen LogP contribution in [-0.2, 0) is 9.53 Å². The number of hydrogen-bond acceptors (Lipinski definition) is 3. The number of carboxylic acid groups (broad SMARTS) is 1. The maximum Gasteiger partial charge on any atom is 0.315 e. The van der Waals surface area contributed by atoms with Crippen molar-refractivity contribution in [3.05, 3.63) is 0 Å². The molecule has 2 fully saturated rings. The summed E-state index contributed by atoms with van der Waals surface area (Å²) in [7, 11) is 0. The van der Waals surface area contributed by atoms with Gasteiger partial charge in [-0.2, -0.15) is 0 Å². The van der Waals surface area contributed by atoms with Crippen LogP contribution >= 0.6 is 0 Å². The Morgan fingerprint density at radius 2 is 1.90 bits per heavy atom. The van der Waals surface area contributed by atoms with Gasteiger partial charge in [-0.15, -0.1) is 0 Å². The van der Waals surface area contributed by atoms with Gasteiger partial charge in [0.15, 0.2) is 0 Å². The number of nitrogens with one attached hydrogen (secondary N) is 2. The molecular weight excluding hydrogens is 260 g/mol. The molecule has 1 aliphatic heterocycles. The largest absolute Gasteiger partial charge is 0.481 e. The first-order chi connectivity index (χ1) is 9.62. The third-order valence-corrected chi connectivity index (χ3v) is 4.37. The normalized spacial score (nSPS) is 25.7. The van der Waals surface area contributed by atoms with Crippen molar-refractivity contribution in [2.24, 2.45) is 5.41 Å². The van der Waals surface area contributed by atoms with E-state index in [0.29, 0.717) is 26.1 Å². The average Bonchev–Trinajstić information content (AvgIpc) is 2.79. The number of aliphatic carboxylic acids is 1. The molecule has 1 aliphatic carbocycles. The van der Waals surface area contributed by atoms with Gasteiger partial charge >= 0.3 is 12.0 Å². The Morgan fingerprint density at radius 3 is 2.45 bits per heavy atom. The molecule has 2 aliphatic rings. The quantitative estimate of drug-likeness (QED) is 0.683. The lowest BCUT2D eigenvalue weighted by molar-refractivity contribution is -0.149. The average molecular weight is 284 g/mol. The van der Waals surface area contributed by atoms with E-state index in [0.717, 1.165) is 32.1 Å². The SMILES string of the molecule is O=C(NCC1(C(=O)O)CCCCCC1)NC1CCOC1. The summed E-state index contributed by atoms with van der Waals surface area (Å²) in [6.45, 7) is 1.42. The molecule has 0 aromatic carbocycles. The molecule has 1 heterocycles. The summed E-state index contributed by atoms with van der Waals surface area (Å²) in [5.41, 5.74) is -0.792. The fourth-order valence-electron chi connectivity index (χ4n) is 3.01. The van der Waals surface area contributed by atoms with Crippen LogP contribution in [0.4, 0.5) is 4.79 Å². The van der Waals surface area contributed by atoms with Crippen LogP contribution in [0.1, 0.15) is 44.9 Å². The molecule has 1 saturated heterocycles. The summed E-state index contributed by atoms with van der Waals surface area (Å²) >= 11 is 0. The minimum atomic E-state index is -0.792. The van der Waals surface area contributed by atoms with Crippen molar-refractivity contribution in [2.45, 2.75) is 51.0 Å². The van der Waals surface area contributed by atoms with Crippen molar-refractivity contribution in [1.82, 2.24) is 10.6 Å². The van der Waals surface area contributed by atoms with E-state index in [4.69, 9.17) is 4.74 Å². The Balaban J connectivity index is 1.84. The fourth-order valence-corrected chi connectivity index (χ4v) is 3.01. The molecule has 20 heavy (non-hydrogen) atoms. The number of urea groups is 1. The molecule has 2 rings (SSSR count). The lowest BCUT2D eigenvalue weighted by Gasteiger charge is -2.28. The smallest absolute Gasteiger partial charge is 0.315 e. The number of carboxylic acids is 1. The van der Waals surface area contributed by atoms with Gasteiger partial charge in [-0.05, 0) is 19.3 Å². The zero-order chi connectivity index (χ0) is 14.4. The summed E-state index contributed by atoms with van der Waals surface area (Å²) in [6.07, 6.45) is 6.13. The van der Waals surface area contributed by atoms with Gasteiger partial charge < -0.3 is 20.5 Å². The summed E-state index contributed by atoms with van der Waals surface area (Å²) in [5, 5.41) is 15.1. The third-order valence-electron chi connectivity index (χ3n) is 4.37. The lowest BCUT2D eigenvalue weighted by Crippen LogP contribution is -2.48. The first-order valence-corrected chi connectivity index (χ1v) is 7.48. The van der Waals surface area contributed by atoms with Crippen LogP contribution in [0.2, 0.25) is 0 Å². The van der Waals surface area contributed by atoms with Crippen LogP contribution in [0.25, 0.3) is 0 Å². The van der Waals surface area contributed by atoms with E-state index in [9.17, 15) is 14.7 Å². The minimum Gasteiger partial charge on any atom is -0.481 e. The number of rotatable bonds is 4. The van der Waals surface area contributed by atoms with Crippen molar-refractivity contribution in [3.63, 3.8) is 0 Å². The predicted octanol–water partition coefficient (Wildman–Crippen LogP) is 1.50. The number of carbonyl (C=O) groups is 2. The van der Waals surface area contributed by atoms with Crippen LogP contribution in [0.15, 0.2) is 0 Å². The summed E-state index contributed by atoms with van der Waals surface area (Å²) in [4.78, 5) is 23.4. The van der Waals surface area contributed by atoms with E-state index in [1.54, 1.807) is 0 Å². The van der Waals surface area contributed by atoms with Gasteiger partial charge in [0.2, 0.25) is 0 Å². The van der Waals surface area contributed by atoms with Gasteiger partial charge in [-0.25, -0.2) is 4.79 Å². The van der Waals surface area contributed by atoms with Crippen molar-refractivity contribution in [3.8, 4) is 0 Å². The lowest BCUT2D eigenvalue weighted by atomic mass is 9.80. The summed E-state index contributed by atoms with van der Waals surface area (Å²) in [6, 6.07) is -0.240. The van der Waals surface area contributed by atoms with Crippen molar-refractivity contribution in [2.75, 3.05) is 19.8 Å². The molecule has 6 nitrogen and oxygen atoms in total. The monoisotopic (exact) mass is 284 g/mol. The highest BCUT2D eigenvalue weighted by Gasteiger charge is 2.39. The number of carbonyl (C=O) groups excluding carboxylic acids is 1. The van der Waals surface area contributed by atoms with Gasteiger partial charge in [0, 0.05) is 13.2 Å². The van der Waals surface area contributed by atoms with Crippen LogP contribution in [-0.4, -0.2) is 42.9 Å². The molecule has 1 unspecified atom stereocenters. The minimum absolute atomic E-state index is 0.0462. The number of hydrogen-bond donors (Lipinski definition) is 3. The highest BCUT2D eigenvalue weighted by atomic mass is 16.5. The van der Waals surface area contributed by atoms with Gasteiger partial charge in [-0.3, -0.25) is 4.79 Å². The van der Waals surface area contributed by atoms with Crippen molar-refractivity contribution >= 4 is 12.0 Å². The fraction of sp³-hybridized carbons (Fsp3) is 0.857. The van der Waals surface area contributed by atoms with Gasteiger partial charge in [0.05, 0.1) is 18.1 Å². The second-order valence-electron chi connectivity index (χ2n) is 5.89. The molecular formula is C14H24N2O4. The van der Waals surface area contributed by atoms with E-state index in [1.165, 1.54) is 0 Å². The van der Waals surface area contributed by atoms with Gasteiger partial charge in [-0.1, -0.05) is 25.7 Å². The van der Waals surface area contributed by atoms with Gasteiger partial charge in [0.25, 0.3) is 0 Å². The molecule has 6 heteroatoms. The second kappa shape index (κ2) is 6.92. The van der Waals surface area contributed by atoms with E-state index >= 15 is 0 Å². The highest BCUT2D eigenvalue weighted by molar-refractivity contribution is 5.78. The first-order valence-electron chi connectivity index (χ1n) is 7.48. The predicted molar refractivity (Wildman–Crippen MR) is 73.5 cm³/mol. The first kappa shape index (κ1) is 15.1. The second-order valence-corrected chi connectivity index (χ2v) is 5.89. The summed E-state index contributed by atoms with van der Waals surface area (Å²) in [5.74, 6) is -0.788. The molecule has 0 bridgehead atoms. The molecule has 2 amide bonds. The van der Waals surface area contributed by atoms with E-state index in [2.05, 4.69) is 10.6 Å². The zero-order valence-corrected chi connectivity index (χ0v) is 11.8. The molecule has 3 N–H and O–H groups in total. The highest BCUT2D eigenvalue weighted by Crippen LogP contribution is 2.34. The molecule has 1 saturated carbocycles. The molecule has 1 atom stereocenters. The van der Waals surface area contributed by atoms with Crippen LogP contribution in [0.3, 0.4) is 0 Å². The van der Waals surface area contributed by atoms with E-state index < -0.39 is 11.4 Å². The molecule has 0 spiro atoms. The maximum atomic E-state index is 11.8. The van der Waals surface area contributed by atoms with E-state index in [-0.39, 0.29) is 18.6 Å².